The molecule has 0 saturated carbocycles. The maximum Gasteiger partial charge on any atom is 0.330 e. The van der Waals surface area contributed by atoms with E-state index in [4.69, 9.17) is 15.2 Å². The molecule has 1 aliphatic rings. The zero-order valence-electron chi connectivity index (χ0n) is 17.1. The van der Waals surface area contributed by atoms with Crippen LogP contribution in [0.5, 0.6) is 5.75 Å². The lowest BCUT2D eigenvalue weighted by Gasteiger charge is -2.23. The molecule has 3 rings (SSSR count). The van der Waals surface area contributed by atoms with Gasteiger partial charge in [-0.15, -0.1) is 0 Å². The van der Waals surface area contributed by atoms with Crippen LogP contribution in [-0.4, -0.2) is 42.3 Å². The Labute approximate surface area is 173 Å². The summed E-state index contributed by atoms with van der Waals surface area (Å²) < 4.78 is 11.8. The number of nitrogens with two attached hydrogens (primary N) is 1. The third-order valence-electron chi connectivity index (χ3n) is 4.85. The fourth-order valence-corrected chi connectivity index (χ4v) is 3.37. The zero-order chi connectivity index (χ0) is 21.7. The standard InChI is InChI=1S/C21H26N4O5/c1-3-9-25-19(22)18(20(27)23-21(25)28)24(10-12-29-2)17(26)7-5-14-4-6-16-15(13-14)8-11-30-16/h4-7,13H,3,8-12,22H2,1-2H3,(H,23,27,28)/b7-5+. The van der Waals surface area contributed by atoms with E-state index >= 15 is 0 Å². The minimum atomic E-state index is -0.711. The van der Waals surface area contributed by atoms with E-state index in [1.807, 2.05) is 25.1 Å². The maximum atomic E-state index is 13.0. The average Bonchev–Trinajstić information content (AvgIpc) is 3.19. The lowest BCUT2D eigenvalue weighted by Crippen LogP contribution is -2.42. The number of ether oxygens (including phenoxy) is 2. The minimum Gasteiger partial charge on any atom is -0.493 e. The van der Waals surface area contributed by atoms with Crippen molar-refractivity contribution in [3.63, 3.8) is 0 Å². The van der Waals surface area contributed by atoms with E-state index in [-0.39, 0.29) is 24.7 Å². The van der Waals surface area contributed by atoms with Crippen LogP contribution in [0.4, 0.5) is 11.5 Å². The molecule has 3 N–H and O–H groups in total. The molecular weight excluding hydrogens is 388 g/mol. The van der Waals surface area contributed by atoms with Crippen LogP contribution in [-0.2, 0) is 22.5 Å². The summed E-state index contributed by atoms with van der Waals surface area (Å²) in [4.78, 5) is 41.1. The predicted octanol–water partition coefficient (Wildman–Crippen LogP) is 1.16. The van der Waals surface area contributed by atoms with Gasteiger partial charge in [-0.3, -0.25) is 24.0 Å². The summed E-state index contributed by atoms with van der Waals surface area (Å²) in [5, 5.41) is 0. The largest absolute Gasteiger partial charge is 0.493 e. The molecule has 0 spiro atoms. The Kier molecular flexibility index (Phi) is 6.73. The first kappa shape index (κ1) is 21.4. The number of nitrogens with one attached hydrogen (secondary N) is 1. The molecule has 160 valence electrons. The van der Waals surface area contributed by atoms with Crippen molar-refractivity contribution in [2.75, 3.05) is 37.5 Å². The van der Waals surface area contributed by atoms with Crippen molar-refractivity contribution in [1.29, 1.82) is 0 Å². The second kappa shape index (κ2) is 9.45. The van der Waals surface area contributed by atoms with E-state index in [0.29, 0.717) is 19.6 Å². The molecule has 30 heavy (non-hydrogen) atoms. The molecule has 1 amide bonds. The zero-order valence-corrected chi connectivity index (χ0v) is 17.1. The molecule has 0 radical (unpaired) electrons. The number of amides is 1. The highest BCUT2D eigenvalue weighted by Gasteiger charge is 2.22. The Balaban J connectivity index is 1.94. The number of fused-ring (bicyclic) bond motifs is 1. The van der Waals surface area contributed by atoms with Crippen LogP contribution in [0.15, 0.2) is 33.9 Å². The Morgan fingerprint density at radius 1 is 1.40 bits per heavy atom. The van der Waals surface area contributed by atoms with Crippen molar-refractivity contribution >= 4 is 23.5 Å². The molecule has 9 heteroatoms. The fraction of sp³-hybridized carbons (Fsp3) is 0.381. The van der Waals surface area contributed by atoms with Gasteiger partial charge in [-0.1, -0.05) is 13.0 Å². The summed E-state index contributed by atoms with van der Waals surface area (Å²) in [7, 11) is 1.50. The molecule has 1 aromatic heterocycles. The summed E-state index contributed by atoms with van der Waals surface area (Å²) in [5.74, 6) is 0.374. The average molecular weight is 414 g/mol. The highest BCUT2D eigenvalue weighted by atomic mass is 16.5. The number of carbonyl (C=O) groups excluding carboxylic acids is 1. The lowest BCUT2D eigenvalue weighted by molar-refractivity contribution is -0.114. The Hall–Kier alpha value is -3.33. The number of hydrogen-bond acceptors (Lipinski definition) is 6. The summed E-state index contributed by atoms with van der Waals surface area (Å²) in [6.07, 6.45) is 4.52. The van der Waals surface area contributed by atoms with E-state index in [2.05, 4.69) is 4.98 Å². The number of aromatic amines is 1. The smallest absolute Gasteiger partial charge is 0.330 e. The number of methoxy groups -OCH3 is 1. The molecular formula is C21H26N4O5. The second-order valence-electron chi connectivity index (χ2n) is 6.93. The number of H-pyrrole nitrogens is 1. The maximum absolute atomic E-state index is 13.0. The molecule has 1 aliphatic heterocycles. The van der Waals surface area contributed by atoms with E-state index in [9.17, 15) is 14.4 Å². The number of hydrogen-bond donors (Lipinski definition) is 2. The SMILES string of the molecule is CCCn1c(N)c(N(CCOC)C(=O)/C=C/c2ccc3c(c2)CCO3)c(=O)[nH]c1=O. The first-order chi connectivity index (χ1) is 14.5. The van der Waals surface area contributed by atoms with Gasteiger partial charge in [-0.05, 0) is 35.8 Å². The number of carbonyl (C=O) groups is 1. The van der Waals surface area contributed by atoms with Crippen LogP contribution >= 0.6 is 0 Å². The van der Waals surface area contributed by atoms with Crippen molar-refractivity contribution in [2.45, 2.75) is 26.3 Å². The Bertz CT molecular complexity index is 1070. The molecule has 0 fully saturated rings. The molecule has 9 nitrogen and oxygen atoms in total. The Morgan fingerprint density at radius 2 is 2.20 bits per heavy atom. The molecule has 0 bridgehead atoms. The monoisotopic (exact) mass is 414 g/mol. The third-order valence-corrected chi connectivity index (χ3v) is 4.85. The second-order valence-corrected chi connectivity index (χ2v) is 6.93. The van der Waals surface area contributed by atoms with Gasteiger partial charge in [0.1, 0.15) is 11.6 Å². The van der Waals surface area contributed by atoms with Crippen molar-refractivity contribution in [3.05, 3.63) is 56.2 Å². The summed E-state index contributed by atoms with van der Waals surface area (Å²) in [6, 6.07) is 5.70. The molecule has 2 heterocycles. The van der Waals surface area contributed by atoms with Crippen LogP contribution in [0.25, 0.3) is 6.08 Å². The molecule has 1 aromatic carbocycles. The van der Waals surface area contributed by atoms with Gasteiger partial charge >= 0.3 is 5.69 Å². The minimum absolute atomic E-state index is 0.0434. The van der Waals surface area contributed by atoms with Crippen molar-refractivity contribution in [3.8, 4) is 5.75 Å². The van der Waals surface area contributed by atoms with Crippen molar-refractivity contribution in [1.82, 2.24) is 9.55 Å². The quantitative estimate of drug-likeness (QED) is 0.626. The number of nitrogens with zero attached hydrogens (tertiary/aromatic N) is 2. The van der Waals surface area contributed by atoms with E-state index in [1.54, 1.807) is 6.08 Å². The normalized spacial score (nSPS) is 12.7. The van der Waals surface area contributed by atoms with Gasteiger partial charge < -0.3 is 15.2 Å². The highest BCUT2D eigenvalue weighted by molar-refractivity contribution is 6.05. The van der Waals surface area contributed by atoms with E-state index in [1.165, 1.54) is 22.7 Å². The molecule has 0 saturated heterocycles. The van der Waals surface area contributed by atoms with Crippen LogP contribution in [0.2, 0.25) is 0 Å². The first-order valence-electron chi connectivity index (χ1n) is 9.83. The number of rotatable bonds is 8. The van der Waals surface area contributed by atoms with Crippen LogP contribution < -0.4 is 26.6 Å². The number of aromatic nitrogens is 2. The number of anilines is 2. The molecule has 0 aliphatic carbocycles. The topological polar surface area (TPSA) is 120 Å². The fourth-order valence-electron chi connectivity index (χ4n) is 3.37. The van der Waals surface area contributed by atoms with Crippen LogP contribution in [0, 0.1) is 0 Å². The summed E-state index contributed by atoms with van der Waals surface area (Å²) in [6.45, 7) is 3.17. The van der Waals surface area contributed by atoms with Gasteiger partial charge in [0.15, 0.2) is 5.69 Å². The van der Waals surface area contributed by atoms with E-state index < -0.39 is 17.2 Å². The van der Waals surface area contributed by atoms with Crippen molar-refractivity contribution < 1.29 is 14.3 Å². The summed E-state index contributed by atoms with van der Waals surface area (Å²) >= 11 is 0. The highest BCUT2D eigenvalue weighted by Crippen LogP contribution is 2.26. The predicted molar refractivity (Wildman–Crippen MR) is 115 cm³/mol. The van der Waals surface area contributed by atoms with E-state index in [0.717, 1.165) is 23.3 Å². The van der Waals surface area contributed by atoms with Gasteiger partial charge in [0, 0.05) is 32.7 Å². The Morgan fingerprint density at radius 3 is 2.93 bits per heavy atom. The summed E-state index contributed by atoms with van der Waals surface area (Å²) in [5.41, 5.74) is 6.69. The van der Waals surface area contributed by atoms with Gasteiger partial charge in [-0.25, -0.2) is 4.79 Å². The molecule has 2 aromatic rings. The van der Waals surface area contributed by atoms with Gasteiger partial charge in [0.2, 0.25) is 0 Å². The first-order valence-corrected chi connectivity index (χ1v) is 9.83. The van der Waals surface area contributed by atoms with Crippen molar-refractivity contribution in [2.24, 2.45) is 0 Å². The van der Waals surface area contributed by atoms with Crippen LogP contribution in [0.1, 0.15) is 24.5 Å². The number of benzene rings is 1. The van der Waals surface area contributed by atoms with Gasteiger partial charge in [0.25, 0.3) is 11.5 Å². The van der Waals surface area contributed by atoms with Crippen LogP contribution in [0.3, 0.4) is 0 Å². The van der Waals surface area contributed by atoms with Gasteiger partial charge in [-0.2, -0.15) is 0 Å². The van der Waals surface area contributed by atoms with Gasteiger partial charge in [0.05, 0.1) is 13.2 Å². The number of nitrogen functional groups attached to an aromatic ring is 1. The third kappa shape index (κ3) is 4.46. The molecule has 0 atom stereocenters. The molecule has 0 unspecified atom stereocenters. The lowest BCUT2D eigenvalue weighted by atomic mass is 10.1.